The minimum atomic E-state index is 0.627. The van der Waals surface area contributed by atoms with Gasteiger partial charge in [0, 0.05) is 6.04 Å². The van der Waals surface area contributed by atoms with E-state index >= 15 is 0 Å². The van der Waals surface area contributed by atoms with Crippen LogP contribution in [0.15, 0.2) is 30.3 Å². The molecule has 0 aliphatic carbocycles. The second-order valence-electron chi connectivity index (χ2n) is 4.69. The van der Waals surface area contributed by atoms with Gasteiger partial charge in [0.1, 0.15) is 0 Å². The first-order valence-corrected chi connectivity index (χ1v) is 6.53. The summed E-state index contributed by atoms with van der Waals surface area (Å²) >= 11 is 0. The van der Waals surface area contributed by atoms with E-state index in [-0.39, 0.29) is 0 Å². The predicted octanol–water partition coefficient (Wildman–Crippen LogP) is 3.64. The number of likely N-dealkylation sites (N-methyl/N-ethyl adjacent to an activating group) is 1. The van der Waals surface area contributed by atoms with Crippen molar-refractivity contribution in [3.63, 3.8) is 0 Å². The lowest BCUT2D eigenvalue weighted by Gasteiger charge is -2.21. The number of rotatable bonds is 7. The molecule has 0 radical (unpaired) electrons. The summed E-state index contributed by atoms with van der Waals surface area (Å²) in [5, 5.41) is 3.60. The Morgan fingerprint density at radius 2 is 1.81 bits per heavy atom. The smallest absolute Gasteiger partial charge is 0.0110 e. The van der Waals surface area contributed by atoms with Crippen molar-refractivity contribution in [2.75, 3.05) is 6.54 Å². The molecule has 0 spiro atoms. The topological polar surface area (TPSA) is 12.0 Å². The second kappa shape index (κ2) is 7.45. The van der Waals surface area contributed by atoms with E-state index < -0.39 is 0 Å². The molecule has 2 atom stereocenters. The number of hydrogen-bond acceptors (Lipinski definition) is 1. The molecule has 0 amide bonds. The Morgan fingerprint density at radius 1 is 1.12 bits per heavy atom. The van der Waals surface area contributed by atoms with Crippen molar-refractivity contribution in [1.82, 2.24) is 5.32 Å². The fourth-order valence-electron chi connectivity index (χ4n) is 2.08. The Morgan fingerprint density at radius 3 is 2.38 bits per heavy atom. The highest BCUT2D eigenvalue weighted by Gasteiger charge is 2.11. The van der Waals surface area contributed by atoms with Crippen molar-refractivity contribution >= 4 is 0 Å². The predicted molar refractivity (Wildman–Crippen MR) is 71.7 cm³/mol. The van der Waals surface area contributed by atoms with Gasteiger partial charge in [0.15, 0.2) is 0 Å². The zero-order chi connectivity index (χ0) is 11.8. The quantitative estimate of drug-likeness (QED) is 0.738. The molecular formula is C15H25N. The van der Waals surface area contributed by atoms with Gasteiger partial charge in [0.25, 0.3) is 0 Å². The molecule has 0 heterocycles. The van der Waals surface area contributed by atoms with Crippen LogP contribution in [0.25, 0.3) is 0 Å². The van der Waals surface area contributed by atoms with Crippen LogP contribution in [0.3, 0.4) is 0 Å². The molecule has 16 heavy (non-hydrogen) atoms. The van der Waals surface area contributed by atoms with Crippen LogP contribution in [0, 0.1) is 5.92 Å². The van der Waals surface area contributed by atoms with Crippen LogP contribution in [-0.4, -0.2) is 12.6 Å². The van der Waals surface area contributed by atoms with Crippen molar-refractivity contribution in [1.29, 1.82) is 0 Å². The molecule has 0 bridgehead atoms. The molecule has 1 nitrogen and oxygen atoms in total. The zero-order valence-electron chi connectivity index (χ0n) is 10.9. The summed E-state index contributed by atoms with van der Waals surface area (Å²) in [6, 6.07) is 11.4. The van der Waals surface area contributed by atoms with Gasteiger partial charge >= 0.3 is 0 Å². The highest BCUT2D eigenvalue weighted by molar-refractivity contribution is 5.15. The first-order chi connectivity index (χ1) is 7.76. The van der Waals surface area contributed by atoms with E-state index in [9.17, 15) is 0 Å². The molecule has 1 rings (SSSR count). The molecule has 0 aliphatic rings. The van der Waals surface area contributed by atoms with E-state index in [1.807, 2.05) is 0 Å². The molecular weight excluding hydrogens is 194 g/mol. The van der Waals surface area contributed by atoms with Crippen molar-refractivity contribution in [2.45, 2.75) is 46.1 Å². The molecule has 2 unspecified atom stereocenters. The molecule has 1 heteroatoms. The van der Waals surface area contributed by atoms with E-state index in [1.54, 1.807) is 0 Å². The number of hydrogen-bond donors (Lipinski definition) is 1. The largest absolute Gasteiger partial charge is 0.314 e. The Hall–Kier alpha value is -0.820. The minimum absolute atomic E-state index is 0.627. The SMILES string of the molecule is CCNC(Cc1ccccc1)CC(C)CC. The van der Waals surface area contributed by atoms with Crippen LogP contribution in [0.5, 0.6) is 0 Å². The molecule has 0 saturated carbocycles. The van der Waals surface area contributed by atoms with Gasteiger partial charge in [-0.2, -0.15) is 0 Å². The molecule has 0 saturated heterocycles. The third-order valence-electron chi connectivity index (χ3n) is 3.20. The lowest BCUT2D eigenvalue weighted by molar-refractivity contribution is 0.397. The normalized spacial score (nSPS) is 14.7. The van der Waals surface area contributed by atoms with E-state index in [4.69, 9.17) is 0 Å². The van der Waals surface area contributed by atoms with Gasteiger partial charge in [0.05, 0.1) is 0 Å². The van der Waals surface area contributed by atoms with Gasteiger partial charge in [-0.05, 0) is 30.9 Å². The number of benzene rings is 1. The lowest BCUT2D eigenvalue weighted by Crippen LogP contribution is -2.32. The first-order valence-electron chi connectivity index (χ1n) is 6.53. The molecule has 0 aromatic heterocycles. The highest BCUT2D eigenvalue weighted by atomic mass is 14.9. The van der Waals surface area contributed by atoms with E-state index in [0.717, 1.165) is 18.9 Å². The molecule has 1 aromatic rings. The van der Waals surface area contributed by atoms with Crippen LogP contribution in [0.1, 0.15) is 39.2 Å². The molecule has 1 aromatic carbocycles. The monoisotopic (exact) mass is 219 g/mol. The summed E-state index contributed by atoms with van der Waals surface area (Å²) in [5.41, 5.74) is 1.44. The summed E-state index contributed by atoms with van der Waals surface area (Å²) in [7, 11) is 0. The molecule has 0 fully saturated rings. The summed E-state index contributed by atoms with van der Waals surface area (Å²) in [4.78, 5) is 0. The summed E-state index contributed by atoms with van der Waals surface area (Å²) in [6.45, 7) is 7.87. The molecule has 90 valence electrons. The van der Waals surface area contributed by atoms with Crippen molar-refractivity contribution in [3.8, 4) is 0 Å². The molecule has 1 N–H and O–H groups in total. The maximum absolute atomic E-state index is 3.60. The van der Waals surface area contributed by atoms with Gasteiger partial charge < -0.3 is 5.32 Å². The Balaban J connectivity index is 2.50. The molecule has 0 aliphatic heterocycles. The van der Waals surface area contributed by atoms with Crippen molar-refractivity contribution in [3.05, 3.63) is 35.9 Å². The fraction of sp³-hybridized carbons (Fsp3) is 0.600. The minimum Gasteiger partial charge on any atom is -0.314 e. The summed E-state index contributed by atoms with van der Waals surface area (Å²) in [6.07, 6.45) is 3.70. The maximum atomic E-state index is 3.60. The van der Waals surface area contributed by atoms with Gasteiger partial charge in [-0.15, -0.1) is 0 Å². The van der Waals surface area contributed by atoms with Gasteiger partial charge in [-0.3, -0.25) is 0 Å². The van der Waals surface area contributed by atoms with Crippen LogP contribution in [0.2, 0.25) is 0 Å². The standard InChI is InChI=1S/C15H25N/c1-4-13(3)11-15(16-5-2)12-14-9-7-6-8-10-14/h6-10,13,15-16H,4-5,11-12H2,1-3H3. The van der Waals surface area contributed by atoms with Crippen LogP contribution in [-0.2, 0) is 6.42 Å². The van der Waals surface area contributed by atoms with Gasteiger partial charge in [-0.25, -0.2) is 0 Å². The van der Waals surface area contributed by atoms with Gasteiger partial charge in [-0.1, -0.05) is 57.5 Å². The van der Waals surface area contributed by atoms with E-state index in [1.165, 1.54) is 18.4 Å². The second-order valence-corrected chi connectivity index (χ2v) is 4.69. The van der Waals surface area contributed by atoms with Gasteiger partial charge in [0.2, 0.25) is 0 Å². The summed E-state index contributed by atoms with van der Waals surface area (Å²) in [5.74, 6) is 0.813. The summed E-state index contributed by atoms with van der Waals surface area (Å²) < 4.78 is 0. The van der Waals surface area contributed by atoms with Crippen LogP contribution < -0.4 is 5.32 Å². The highest BCUT2D eigenvalue weighted by Crippen LogP contribution is 2.13. The van der Waals surface area contributed by atoms with Crippen molar-refractivity contribution in [2.24, 2.45) is 5.92 Å². The lowest BCUT2D eigenvalue weighted by atomic mass is 9.94. The third kappa shape index (κ3) is 4.80. The van der Waals surface area contributed by atoms with Crippen LogP contribution in [0.4, 0.5) is 0 Å². The third-order valence-corrected chi connectivity index (χ3v) is 3.20. The van der Waals surface area contributed by atoms with Crippen LogP contribution >= 0.6 is 0 Å². The first kappa shape index (κ1) is 13.2. The fourth-order valence-corrected chi connectivity index (χ4v) is 2.08. The average molecular weight is 219 g/mol. The number of nitrogens with one attached hydrogen (secondary N) is 1. The van der Waals surface area contributed by atoms with E-state index in [0.29, 0.717) is 6.04 Å². The Labute approximate surface area is 100 Å². The Bertz CT molecular complexity index is 268. The van der Waals surface area contributed by atoms with E-state index in [2.05, 4.69) is 56.4 Å². The maximum Gasteiger partial charge on any atom is 0.0110 e. The zero-order valence-corrected chi connectivity index (χ0v) is 10.9. The van der Waals surface area contributed by atoms with Crippen molar-refractivity contribution < 1.29 is 0 Å². The Kier molecular flexibility index (Phi) is 6.17. The average Bonchev–Trinajstić information content (AvgIpc) is 2.30.